The molecule has 0 aliphatic carbocycles. The van der Waals surface area contributed by atoms with Crippen molar-refractivity contribution in [2.75, 3.05) is 10.6 Å². The quantitative estimate of drug-likeness (QED) is 0.203. The molecule has 8 nitrogen and oxygen atoms in total. The summed E-state index contributed by atoms with van der Waals surface area (Å²) < 4.78 is 5.91. The molecule has 1 heterocycles. The molecule has 0 unspecified atom stereocenters. The average Bonchev–Trinajstić information content (AvgIpc) is 3.25. The van der Waals surface area contributed by atoms with E-state index >= 15 is 0 Å². The smallest absolute Gasteiger partial charge is 0.326 e. The van der Waals surface area contributed by atoms with Gasteiger partial charge < -0.3 is 25.4 Å². The Kier molecular flexibility index (Phi) is 7.94. The lowest BCUT2D eigenvalue weighted by Crippen LogP contribution is -2.44. The highest BCUT2D eigenvalue weighted by molar-refractivity contribution is 6.30. The summed E-state index contributed by atoms with van der Waals surface area (Å²) in [5, 5.41) is 15.7. The Hall–Kier alpha value is -4.82. The summed E-state index contributed by atoms with van der Waals surface area (Å²) >= 11 is 6.15. The number of ether oxygens (including phenoxy) is 1. The number of nitrogens with one attached hydrogen (secondary N) is 2. The monoisotopic (exact) mass is 569 g/mol. The van der Waals surface area contributed by atoms with Gasteiger partial charge in [0.1, 0.15) is 11.8 Å². The molecule has 0 saturated heterocycles. The molecule has 0 spiro atoms. The molecule has 4 aromatic carbocycles. The predicted octanol–water partition coefficient (Wildman–Crippen LogP) is 7.51. The summed E-state index contributed by atoms with van der Waals surface area (Å²) in [4.78, 5) is 39.1. The lowest BCUT2D eigenvalue weighted by Gasteiger charge is -2.27. The zero-order chi connectivity index (χ0) is 29.1. The second-order valence-electron chi connectivity index (χ2n) is 10.0. The minimum absolute atomic E-state index is 0.217. The Balaban J connectivity index is 1.27. The fraction of sp³-hybridized carbons (Fsp3) is 0.156. The molecule has 3 amide bonds. The number of aliphatic carboxylic acids is 1. The number of urea groups is 1. The third kappa shape index (κ3) is 6.18. The molecule has 1 atom stereocenters. The molecule has 0 fully saturated rings. The van der Waals surface area contributed by atoms with E-state index in [0.717, 1.165) is 16.7 Å². The number of para-hydroxylation sites is 1. The fourth-order valence-corrected chi connectivity index (χ4v) is 5.00. The summed E-state index contributed by atoms with van der Waals surface area (Å²) in [7, 11) is 0. The van der Waals surface area contributed by atoms with Crippen LogP contribution in [0.3, 0.4) is 0 Å². The van der Waals surface area contributed by atoms with Crippen molar-refractivity contribution in [2.45, 2.75) is 26.4 Å². The number of anilines is 2. The van der Waals surface area contributed by atoms with Crippen molar-refractivity contribution < 1.29 is 24.2 Å². The summed E-state index contributed by atoms with van der Waals surface area (Å²) in [5.41, 5.74) is 3.99. The number of hydrogen-bond donors (Lipinski definition) is 3. The minimum Gasteiger partial charge on any atom is -0.480 e. The molecule has 0 radical (unpaired) electrons. The van der Waals surface area contributed by atoms with E-state index in [0.29, 0.717) is 33.5 Å². The number of carboxylic acid groups (broad SMARTS) is 1. The van der Waals surface area contributed by atoms with Crippen molar-refractivity contribution in [3.05, 3.63) is 107 Å². The largest absolute Gasteiger partial charge is 0.480 e. The molecule has 0 bridgehead atoms. The second-order valence-corrected chi connectivity index (χ2v) is 10.5. The molecule has 0 aromatic heterocycles. The van der Waals surface area contributed by atoms with Crippen LogP contribution in [-0.2, 0) is 11.3 Å². The number of nitrogens with zero attached hydrogens (tertiary/aromatic N) is 1. The molecule has 9 heteroatoms. The normalized spacial score (nSPS) is 13.1. The van der Waals surface area contributed by atoms with Crippen LogP contribution in [-0.4, -0.2) is 34.0 Å². The highest BCUT2D eigenvalue weighted by Crippen LogP contribution is 2.33. The van der Waals surface area contributed by atoms with E-state index in [2.05, 4.69) is 10.6 Å². The van der Waals surface area contributed by atoms with Crippen molar-refractivity contribution in [1.29, 1.82) is 0 Å². The standard InChI is InChI=1S/C32H28ClN3O5/c1-19(2)29(31(38)39)36-18-22-9-8-21(16-26(22)30(36)37)20-10-13-24(14-11-20)34-32(40)35-27-15-12-23(33)17-28(27)41-25-6-4-3-5-7-25/h3-17,19,29H,18H2,1-2H3,(H,38,39)(H2,34,35,40)/t29-/m0/s1. The van der Waals surface area contributed by atoms with E-state index in [1.807, 2.05) is 42.5 Å². The first kappa shape index (κ1) is 27.7. The zero-order valence-electron chi connectivity index (χ0n) is 22.4. The molecule has 41 heavy (non-hydrogen) atoms. The number of carbonyl (C=O) groups excluding carboxylic acids is 2. The number of hydrogen-bond acceptors (Lipinski definition) is 4. The van der Waals surface area contributed by atoms with Gasteiger partial charge in [-0.3, -0.25) is 4.79 Å². The van der Waals surface area contributed by atoms with Gasteiger partial charge in [-0.05, 0) is 65.1 Å². The number of fused-ring (bicyclic) bond motifs is 1. The van der Waals surface area contributed by atoms with Gasteiger partial charge in [0.15, 0.2) is 5.75 Å². The lowest BCUT2D eigenvalue weighted by molar-refractivity contribution is -0.144. The average molecular weight is 570 g/mol. The maximum atomic E-state index is 13.1. The van der Waals surface area contributed by atoms with E-state index < -0.39 is 18.0 Å². The number of carbonyl (C=O) groups is 3. The number of rotatable bonds is 8. The van der Waals surface area contributed by atoms with E-state index in [-0.39, 0.29) is 18.4 Å². The van der Waals surface area contributed by atoms with Crippen LogP contribution >= 0.6 is 11.6 Å². The van der Waals surface area contributed by atoms with Crippen LogP contribution in [0.1, 0.15) is 29.8 Å². The Morgan fingerprint density at radius 1 is 0.902 bits per heavy atom. The van der Waals surface area contributed by atoms with Crippen LogP contribution in [0.25, 0.3) is 11.1 Å². The van der Waals surface area contributed by atoms with Gasteiger partial charge in [0, 0.05) is 28.9 Å². The molecule has 208 valence electrons. The summed E-state index contributed by atoms with van der Waals surface area (Å²) in [6.07, 6.45) is 0. The van der Waals surface area contributed by atoms with Crippen LogP contribution in [0, 0.1) is 5.92 Å². The molecule has 1 aliphatic rings. The zero-order valence-corrected chi connectivity index (χ0v) is 23.2. The fourth-order valence-electron chi connectivity index (χ4n) is 4.84. The molecule has 3 N–H and O–H groups in total. The third-order valence-corrected chi connectivity index (χ3v) is 7.04. The number of halogens is 1. The topological polar surface area (TPSA) is 108 Å². The van der Waals surface area contributed by atoms with E-state index in [1.54, 1.807) is 62.4 Å². The van der Waals surface area contributed by atoms with Crippen molar-refractivity contribution in [3.63, 3.8) is 0 Å². The van der Waals surface area contributed by atoms with Gasteiger partial charge in [-0.1, -0.05) is 67.9 Å². The third-order valence-electron chi connectivity index (χ3n) is 6.80. The Morgan fingerprint density at radius 3 is 2.29 bits per heavy atom. The summed E-state index contributed by atoms with van der Waals surface area (Å²) in [5.74, 6) is -0.497. The first-order chi connectivity index (χ1) is 19.7. The molecule has 1 aliphatic heterocycles. The molecule has 4 aromatic rings. The van der Waals surface area contributed by atoms with E-state index in [4.69, 9.17) is 16.3 Å². The summed E-state index contributed by atoms with van der Waals surface area (Å²) in [6, 6.07) is 25.6. The van der Waals surface area contributed by atoms with Gasteiger partial charge in [-0.15, -0.1) is 0 Å². The number of carboxylic acids is 1. The van der Waals surface area contributed by atoms with E-state index in [9.17, 15) is 19.5 Å². The second kappa shape index (κ2) is 11.7. The first-order valence-electron chi connectivity index (χ1n) is 13.1. The first-order valence-corrected chi connectivity index (χ1v) is 13.4. The van der Waals surface area contributed by atoms with Crippen LogP contribution in [0.4, 0.5) is 16.2 Å². The van der Waals surface area contributed by atoms with Gasteiger partial charge in [-0.25, -0.2) is 9.59 Å². The highest BCUT2D eigenvalue weighted by Gasteiger charge is 2.38. The number of benzene rings is 4. The van der Waals surface area contributed by atoms with Gasteiger partial charge in [-0.2, -0.15) is 0 Å². The number of amides is 3. The van der Waals surface area contributed by atoms with Crippen LogP contribution in [0.5, 0.6) is 11.5 Å². The van der Waals surface area contributed by atoms with Crippen LogP contribution in [0.15, 0.2) is 91.0 Å². The SMILES string of the molecule is CC(C)[C@@H](C(=O)O)N1Cc2ccc(-c3ccc(NC(=O)Nc4ccc(Cl)cc4Oc4ccccc4)cc3)cc2C1=O. The Labute approximate surface area is 242 Å². The molecular weight excluding hydrogens is 542 g/mol. The Bertz CT molecular complexity index is 1610. The minimum atomic E-state index is -1.01. The molecule has 0 saturated carbocycles. The van der Waals surface area contributed by atoms with Crippen LogP contribution in [0.2, 0.25) is 5.02 Å². The van der Waals surface area contributed by atoms with Gasteiger partial charge in [0.25, 0.3) is 5.91 Å². The van der Waals surface area contributed by atoms with Crippen LogP contribution < -0.4 is 15.4 Å². The van der Waals surface area contributed by atoms with Crippen molar-refractivity contribution in [2.24, 2.45) is 5.92 Å². The Morgan fingerprint density at radius 2 is 1.61 bits per heavy atom. The van der Waals surface area contributed by atoms with Crippen molar-refractivity contribution in [3.8, 4) is 22.6 Å². The van der Waals surface area contributed by atoms with Crippen molar-refractivity contribution >= 4 is 40.9 Å². The molecule has 5 rings (SSSR count). The maximum Gasteiger partial charge on any atom is 0.326 e. The van der Waals surface area contributed by atoms with E-state index in [1.165, 1.54) is 4.90 Å². The maximum absolute atomic E-state index is 13.1. The van der Waals surface area contributed by atoms with Gasteiger partial charge >= 0.3 is 12.0 Å². The van der Waals surface area contributed by atoms with Gasteiger partial charge in [0.2, 0.25) is 0 Å². The highest BCUT2D eigenvalue weighted by atomic mass is 35.5. The van der Waals surface area contributed by atoms with Crippen molar-refractivity contribution in [1.82, 2.24) is 4.90 Å². The molecular formula is C32H28ClN3O5. The lowest BCUT2D eigenvalue weighted by atomic mass is 10.00. The van der Waals surface area contributed by atoms with Gasteiger partial charge in [0.05, 0.1) is 5.69 Å². The summed E-state index contributed by atoms with van der Waals surface area (Å²) in [6.45, 7) is 3.86. The predicted molar refractivity (Wildman–Crippen MR) is 159 cm³/mol.